The Bertz CT molecular complexity index is 5520. The largest absolute Gasteiger partial charge is 0.375 e. The van der Waals surface area contributed by atoms with Crippen molar-refractivity contribution in [2.75, 3.05) is 42.5 Å². The first kappa shape index (κ1) is 96.7. The van der Waals surface area contributed by atoms with Gasteiger partial charge in [-0.05, 0) is 0 Å². The van der Waals surface area contributed by atoms with Crippen molar-refractivity contribution < 1.29 is 176 Å². The maximum Gasteiger partial charge on any atom is 0.185 e. The highest BCUT2D eigenvalue weighted by atomic mass is 19.2. The Morgan fingerprint density at radius 3 is 0.338 bits per heavy atom. The molecule has 56 heteroatoms. The molecule has 8 bridgehead atoms. The Morgan fingerprint density at radius 1 is 0.132 bits per heavy atom. The third-order valence-electron chi connectivity index (χ3n) is 26.4. The number of halogens is 40. The number of nitrogens with one attached hydrogen (secondary N) is 16. The van der Waals surface area contributed by atoms with E-state index in [2.05, 4.69) is 42.5 Å². The van der Waals surface area contributed by atoms with Crippen LogP contribution in [0.3, 0.4) is 0 Å². The normalized spacial score (nSPS) is 33.9. The lowest BCUT2D eigenvalue weighted by Gasteiger charge is -2.54. The van der Waals surface area contributed by atoms with Crippen molar-refractivity contribution >= 4 is 45.5 Å². The van der Waals surface area contributed by atoms with Gasteiger partial charge < -0.3 is 42.5 Å². The van der Waals surface area contributed by atoms with Gasteiger partial charge in [0.2, 0.25) is 0 Å². The van der Waals surface area contributed by atoms with Gasteiger partial charge >= 0.3 is 0 Å². The van der Waals surface area contributed by atoms with Crippen LogP contribution in [-0.2, 0) is 0 Å². The van der Waals surface area contributed by atoms with Crippen LogP contribution in [0, 0.1) is 233 Å². The summed E-state index contributed by atoms with van der Waals surface area (Å²) in [5, 5.41) is 32.8. The van der Waals surface area contributed by atoms with E-state index >= 15 is 176 Å². The molecule has 136 heavy (non-hydrogen) atoms. The van der Waals surface area contributed by atoms with Crippen LogP contribution >= 0.6 is 0 Å². The van der Waals surface area contributed by atoms with E-state index in [1.165, 1.54) is 0 Å². The summed E-state index contributed by atoms with van der Waals surface area (Å²) in [7, 11) is 0. The molecule has 4 aliphatic carbocycles. The Hall–Kier alpha value is -11.0. The van der Waals surface area contributed by atoms with Gasteiger partial charge in [-0.1, -0.05) is 0 Å². The molecule has 5 aliphatic heterocycles. The molecule has 8 aromatic carbocycles. The molecular weight excluding hydrogens is 1940 g/mol. The predicted molar refractivity (Wildman–Crippen MR) is 392 cm³/mol. The van der Waals surface area contributed by atoms with E-state index in [-0.39, 0.29) is 0 Å². The zero-order chi connectivity index (χ0) is 98.5. The Balaban J connectivity index is 1.01. The molecule has 0 radical (unpaired) electrons. The standard InChI is InChI=1S/C80H56F40N16/c81-9-1-10(82)34(98)61(33(9)97)121-57-29-31(59(123-63-37(101)13(85)3-14(86)38(63)102)71(127-67-45(109)21(93)7-22(94)46(67)110)69(57)125-65-41(105)17(89)5-18(90)42(65)106)79-134-77(29)132-75-27-25(49(113)53(117)55(119)51(27)115)73(130-75)129-74-26-28(52(116)56(120)54(118)50(26)114)76(131-74)133-78-30-32(80(135-78)136-79)60(124-64-39(103)15(87)4-16(88)40(64)104)72(128-68-47(111)23(95)8-24(96)48(68)112)70(126-66-43(107)19(91)6-20(92)44(66)108)58(30)122-62-35(99)11(83)2-12(84)36(62)100/h1-8,25-32,49-60,69-80,121-136H. The van der Waals surface area contributed by atoms with Gasteiger partial charge in [-0.2, -0.15) is 0 Å². The second-order valence-electron chi connectivity index (χ2n) is 33.4. The first-order valence-corrected chi connectivity index (χ1v) is 40.0. The van der Waals surface area contributed by atoms with Crippen molar-refractivity contribution in [3.05, 3.63) is 235 Å². The van der Waals surface area contributed by atoms with Crippen LogP contribution in [0.25, 0.3) is 0 Å². The van der Waals surface area contributed by atoms with Gasteiger partial charge in [0.1, 0.15) is 70.2 Å². The Labute approximate surface area is 733 Å². The van der Waals surface area contributed by atoms with Gasteiger partial charge in [0.25, 0.3) is 0 Å². The summed E-state index contributed by atoms with van der Waals surface area (Å²) >= 11 is 0. The fraction of sp³-hybridized carbons (Fsp3) is 0.400. The second kappa shape index (κ2) is 35.8. The molecule has 16 N–H and O–H groups in total. The minimum absolute atomic E-state index is 0.604. The Kier molecular flexibility index (Phi) is 25.5. The molecule has 5 heterocycles. The number of hydrogen-bond donors (Lipinski definition) is 16. The number of rotatable bonds is 16. The summed E-state index contributed by atoms with van der Waals surface area (Å²) in [6, 6.07) is -32.8. The van der Waals surface area contributed by atoms with E-state index in [0.29, 0.717) is 0 Å². The lowest BCUT2D eigenvalue weighted by molar-refractivity contribution is -0.0871. The molecule has 0 spiro atoms. The quantitative estimate of drug-likeness (QED) is 0.0323. The van der Waals surface area contributed by atoms with Crippen molar-refractivity contribution in [1.82, 2.24) is 42.5 Å². The lowest BCUT2D eigenvalue weighted by atomic mass is 9.65. The van der Waals surface area contributed by atoms with Gasteiger partial charge in [-0.3, -0.25) is 42.5 Å². The van der Waals surface area contributed by atoms with Gasteiger partial charge in [0, 0.05) is 95.9 Å². The summed E-state index contributed by atoms with van der Waals surface area (Å²) in [6.45, 7) is 0. The predicted octanol–water partition coefficient (Wildman–Crippen LogP) is 15.4. The van der Waals surface area contributed by atoms with Crippen LogP contribution in [0.1, 0.15) is 0 Å². The molecule has 9 aliphatic rings. The minimum Gasteiger partial charge on any atom is -0.375 e. The van der Waals surface area contributed by atoms with Crippen LogP contribution in [0.2, 0.25) is 0 Å². The number of alkyl halides is 8. The highest BCUT2D eigenvalue weighted by Gasteiger charge is 2.70. The number of hydrogen-bond acceptors (Lipinski definition) is 16. The third-order valence-corrected chi connectivity index (χ3v) is 26.4. The fourth-order valence-electron chi connectivity index (χ4n) is 20.7. The number of anilines is 8. The summed E-state index contributed by atoms with van der Waals surface area (Å²) < 4.78 is 667. The average molecular weight is 2000 g/mol. The maximum absolute atomic E-state index is 17.7. The van der Waals surface area contributed by atoms with Crippen LogP contribution in [0.5, 0.6) is 0 Å². The first-order valence-electron chi connectivity index (χ1n) is 40.0. The second-order valence-corrected chi connectivity index (χ2v) is 33.4. The highest BCUT2D eigenvalue weighted by Crippen LogP contribution is 2.55. The van der Waals surface area contributed by atoms with E-state index < -0.39 is 475 Å². The van der Waals surface area contributed by atoms with Crippen molar-refractivity contribution in [2.45, 2.75) is 147 Å². The average Bonchev–Trinajstić information content (AvgIpc) is 1.53. The third kappa shape index (κ3) is 15.8. The molecule has 4 saturated carbocycles. The number of fused-ring (bicyclic) bond motifs is 20. The molecular formula is C80H56F40N16. The monoisotopic (exact) mass is 2000 g/mol. The van der Waals surface area contributed by atoms with Crippen molar-refractivity contribution in [1.29, 1.82) is 0 Å². The summed E-state index contributed by atoms with van der Waals surface area (Å²) in [5.41, 5.74) is -19.4. The maximum atomic E-state index is 17.7. The van der Waals surface area contributed by atoms with Gasteiger partial charge in [-0.25, -0.2) is 176 Å². The molecule has 736 valence electrons. The van der Waals surface area contributed by atoms with Crippen LogP contribution in [0.4, 0.5) is 221 Å². The molecule has 9 fully saturated rings. The van der Waals surface area contributed by atoms with Gasteiger partial charge in [0.15, 0.2) is 211 Å². The lowest BCUT2D eigenvalue weighted by Crippen LogP contribution is -2.72. The first-order chi connectivity index (χ1) is 64.0. The number of benzene rings is 8. The molecule has 5 saturated heterocycles. The van der Waals surface area contributed by atoms with Crippen LogP contribution < -0.4 is 85.1 Å². The van der Waals surface area contributed by atoms with E-state index in [0.717, 1.165) is 0 Å². The van der Waals surface area contributed by atoms with Crippen LogP contribution in [-0.4, -0.2) is 147 Å². The smallest absolute Gasteiger partial charge is 0.185 e. The molecule has 17 rings (SSSR count). The van der Waals surface area contributed by atoms with E-state index in [4.69, 9.17) is 0 Å². The van der Waals surface area contributed by atoms with Gasteiger partial charge in [-0.15, -0.1) is 0 Å². The molecule has 0 aromatic heterocycles. The molecule has 0 amide bonds. The van der Waals surface area contributed by atoms with Crippen molar-refractivity contribution in [3.63, 3.8) is 0 Å². The van der Waals surface area contributed by atoms with E-state index in [1.54, 1.807) is 42.5 Å². The minimum atomic E-state index is -3.77. The summed E-state index contributed by atoms with van der Waals surface area (Å²) in [5.74, 6) is -110. The fourth-order valence-corrected chi connectivity index (χ4v) is 20.7. The highest BCUT2D eigenvalue weighted by molar-refractivity contribution is 5.62. The van der Waals surface area contributed by atoms with Gasteiger partial charge in [0.05, 0.1) is 97.7 Å². The van der Waals surface area contributed by atoms with E-state index in [9.17, 15) is 0 Å². The van der Waals surface area contributed by atoms with Crippen molar-refractivity contribution in [3.8, 4) is 0 Å². The topological polar surface area (TPSA) is 192 Å². The molecule has 32 unspecified atom stereocenters. The van der Waals surface area contributed by atoms with E-state index in [1.807, 2.05) is 0 Å². The van der Waals surface area contributed by atoms with Crippen LogP contribution in [0.15, 0.2) is 48.5 Å². The molecule has 32 atom stereocenters. The molecule has 8 aromatic rings. The Morgan fingerprint density at radius 2 is 0.228 bits per heavy atom. The SMILES string of the molecule is Fc1cc(F)c(F)c(NC2C(Nc3c(F)c(F)cc(F)c3F)C(Nc3c(F)c(F)cc(F)c3F)C3C4NC(NC5NC(NC6NC(NC7NC(N4)C4C(Nc8c(F)c(F)cc(F)c8F)C(Nc8c(F)c(F)cc(F)c8F)C(Nc8c(F)c(F)cc(F)c8F)C(Nc8c(F)c(F)cc(F)c8F)C74)C4C(F)C(F)C(F)C(F)C64)C4C(F)C(F)C(F)C(F)C54)C3C2Nc2c(F)c(F)cc(F)c2F)c1F. The zero-order valence-corrected chi connectivity index (χ0v) is 66.2. The van der Waals surface area contributed by atoms with Crippen molar-refractivity contribution in [2.24, 2.45) is 47.3 Å². The zero-order valence-electron chi connectivity index (χ0n) is 66.2. The summed E-state index contributed by atoms with van der Waals surface area (Å²) in [4.78, 5) is 0. The molecule has 16 nitrogen and oxygen atoms in total. The summed E-state index contributed by atoms with van der Waals surface area (Å²) in [6.07, 6.45) is -52.3.